The zero-order chi connectivity index (χ0) is 17.1. The van der Waals surface area contributed by atoms with Gasteiger partial charge in [-0.25, -0.2) is 0 Å². The number of aryl methyl sites for hydroxylation is 2. The second-order valence-corrected chi connectivity index (χ2v) is 7.08. The quantitative estimate of drug-likeness (QED) is 0.567. The number of unbranched alkanes of at least 4 members (excludes halogenated alkanes) is 1. The van der Waals surface area contributed by atoms with E-state index in [1.807, 2.05) is 6.92 Å². The van der Waals surface area contributed by atoms with Gasteiger partial charge >= 0.3 is 151 Å². The van der Waals surface area contributed by atoms with Crippen molar-refractivity contribution in [3.05, 3.63) is 50.0 Å². The fourth-order valence-corrected chi connectivity index (χ4v) is 3.67. The summed E-state index contributed by atoms with van der Waals surface area (Å²) in [5.41, 5.74) is 5.25. The molecule has 0 spiro atoms. The van der Waals surface area contributed by atoms with Gasteiger partial charge in [-0.3, -0.25) is 0 Å². The van der Waals surface area contributed by atoms with Gasteiger partial charge in [0.2, 0.25) is 0 Å². The van der Waals surface area contributed by atoms with Crippen molar-refractivity contribution in [3.8, 4) is 11.3 Å². The predicted octanol–water partition coefficient (Wildman–Crippen LogP) is 3.96. The average molecular weight is 394 g/mol. The molecule has 0 saturated heterocycles. The first-order valence-corrected chi connectivity index (χ1v) is 9.23. The first kappa shape index (κ1) is 18.2. The van der Waals surface area contributed by atoms with Crippen molar-refractivity contribution in [1.82, 2.24) is 8.15 Å². The number of rotatable bonds is 5. The Morgan fingerprint density at radius 1 is 1.13 bits per heavy atom. The molecule has 0 aliphatic carbocycles. The molecule has 0 N–H and O–H groups in total. The monoisotopic (exact) mass is 395 g/mol. The van der Waals surface area contributed by atoms with Crippen molar-refractivity contribution in [2.45, 2.75) is 53.5 Å². The SMILES string of the molecule is CCCCn1c(-c2cc(C)cc(C)c2)c(CC)c(=O)n([Se])c1=S. The van der Waals surface area contributed by atoms with E-state index in [2.05, 4.69) is 59.8 Å². The molecule has 2 rings (SSSR count). The van der Waals surface area contributed by atoms with E-state index >= 15 is 0 Å². The molecule has 1 aromatic heterocycles. The summed E-state index contributed by atoms with van der Waals surface area (Å²) in [6.07, 6.45) is 2.81. The van der Waals surface area contributed by atoms with Crippen molar-refractivity contribution in [3.63, 3.8) is 0 Å². The van der Waals surface area contributed by atoms with Gasteiger partial charge in [0.25, 0.3) is 0 Å². The van der Waals surface area contributed by atoms with Crippen LogP contribution in [-0.4, -0.2) is 24.4 Å². The van der Waals surface area contributed by atoms with E-state index in [1.54, 1.807) is 0 Å². The average Bonchev–Trinajstić information content (AvgIpc) is 2.50. The van der Waals surface area contributed by atoms with Gasteiger partial charge in [0, 0.05) is 0 Å². The number of hydrogen-bond donors (Lipinski definition) is 0. The maximum absolute atomic E-state index is 12.7. The second kappa shape index (κ2) is 7.61. The Balaban J connectivity index is 2.88. The molecule has 23 heavy (non-hydrogen) atoms. The molecule has 1 heterocycles. The molecule has 0 fully saturated rings. The van der Waals surface area contributed by atoms with E-state index in [0.29, 0.717) is 11.2 Å². The van der Waals surface area contributed by atoms with Crippen molar-refractivity contribution >= 4 is 28.4 Å². The van der Waals surface area contributed by atoms with Gasteiger partial charge in [-0.1, -0.05) is 0 Å². The Labute approximate surface area is 151 Å². The van der Waals surface area contributed by atoms with Gasteiger partial charge < -0.3 is 0 Å². The molecular weight excluding hydrogens is 371 g/mol. The Hall–Kier alpha value is -1.16. The Kier molecular flexibility index (Phi) is 6.01. The molecule has 0 aliphatic rings. The third kappa shape index (κ3) is 3.68. The van der Waals surface area contributed by atoms with Crippen molar-refractivity contribution in [1.29, 1.82) is 0 Å². The van der Waals surface area contributed by atoms with Gasteiger partial charge in [0.1, 0.15) is 0 Å². The zero-order valence-electron chi connectivity index (χ0n) is 14.2. The molecule has 0 atom stereocenters. The van der Waals surface area contributed by atoms with E-state index < -0.39 is 0 Å². The third-order valence-electron chi connectivity index (χ3n) is 3.99. The first-order valence-electron chi connectivity index (χ1n) is 8.05. The Bertz CT molecular complexity index is 816. The molecule has 2 aromatic rings. The van der Waals surface area contributed by atoms with E-state index in [4.69, 9.17) is 12.2 Å². The summed E-state index contributed by atoms with van der Waals surface area (Å²) in [5, 5.41) is 0. The maximum atomic E-state index is 12.7. The van der Waals surface area contributed by atoms with Crippen LogP contribution in [0.15, 0.2) is 23.0 Å². The summed E-state index contributed by atoms with van der Waals surface area (Å²) in [5.74, 6) is 0. The van der Waals surface area contributed by atoms with E-state index in [-0.39, 0.29) is 5.56 Å². The summed E-state index contributed by atoms with van der Waals surface area (Å²) in [6, 6.07) is 6.43. The van der Waals surface area contributed by atoms with E-state index in [9.17, 15) is 4.79 Å². The number of nitrogens with zero attached hydrogens (tertiary/aromatic N) is 2. The van der Waals surface area contributed by atoms with Gasteiger partial charge in [0.05, 0.1) is 0 Å². The molecule has 5 heteroatoms. The molecule has 1 aromatic carbocycles. The summed E-state index contributed by atoms with van der Waals surface area (Å²) >= 11 is 8.36. The minimum absolute atomic E-state index is 0.0283. The fourth-order valence-electron chi connectivity index (χ4n) is 2.96. The summed E-state index contributed by atoms with van der Waals surface area (Å²) in [6.45, 7) is 9.18. The standard InChI is InChI=1S/C18H23N2OSSe/c1-5-7-8-19-16(14-10-12(3)9-13(4)11-14)15(6-2)17(21)20(23)18(19)22/h9-11H,5-8H2,1-4H3. The zero-order valence-corrected chi connectivity index (χ0v) is 16.7. The number of aromatic nitrogens is 2. The molecule has 0 unspecified atom stereocenters. The van der Waals surface area contributed by atoms with Gasteiger partial charge in [0.15, 0.2) is 0 Å². The number of benzene rings is 1. The molecule has 0 amide bonds. The summed E-state index contributed by atoms with van der Waals surface area (Å²) in [7, 11) is 0. The van der Waals surface area contributed by atoms with Crippen LogP contribution in [0.4, 0.5) is 0 Å². The van der Waals surface area contributed by atoms with E-state index in [0.717, 1.165) is 36.2 Å². The van der Waals surface area contributed by atoms with Gasteiger partial charge in [-0.05, 0) is 0 Å². The van der Waals surface area contributed by atoms with Crippen molar-refractivity contribution in [2.75, 3.05) is 0 Å². The van der Waals surface area contributed by atoms with Crippen LogP contribution in [0, 0.1) is 18.6 Å². The van der Waals surface area contributed by atoms with Crippen LogP contribution in [0.1, 0.15) is 43.4 Å². The molecule has 0 aliphatic heterocycles. The van der Waals surface area contributed by atoms with Gasteiger partial charge in [-0.15, -0.1) is 0 Å². The number of hydrogen-bond acceptors (Lipinski definition) is 2. The van der Waals surface area contributed by atoms with Crippen LogP contribution in [0.2, 0.25) is 0 Å². The van der Waals surface area contributed by atoms with Crippen molar-refractivity contribution in [2.24, 2.45) is 0 Å². The normalized spacial score (nSPS) is 11.0. The van der Waals surface area contributed by atoms with Crippen LogP contribution in [0.25, 0.3) is 11.3 Å². The summed E-state index contributed by atoms with van der Waals surface area (Å²) < 4.78 is 4.15. The Morgan fingerprint density at radius 3 is 2.26 bits per heavy atom. The van der Waals surface area contributed by atoms with Crippen LogP contribution in [0.5, 0.6) is 0 Å². The molecule has 3 nitrogen and oxygen atoms in total. The molecule has 0 bridgehead atoms. The second-order valence-electron chi connectivity index (χ2n) is 5.94. The third-order valence-corrected chi connectivity index (χ3v) is 5.36. The predicted molar refractivity (Wildman–Crippen MR) is 99.9 cm³/mol. The van der Waals surface area contributed by atoms with Crippen LogP contribution < -0.4 is 5.56 Å². The first-order chi connectivity index (χ1) is 10.9. The van der Waals surface area contributed by atoms with Gasteiger partial charge in [-0.2, -0.15) is 0 Å². The molecular formula is C18H23N2OSSe. The fraction of sp³-hybridized carbons (Fsp3) is 0.444. The Morgan fingerprint density at radius 2 is 1.74 bits per heavy atom. The van der Waals surface area contributed by atoms with E-state index in [1.165, 1.54) is 14.7 Å². The topological polar surface area (TPSA) is 26.9 Å². The van der Waals surface area contributed by atoms with Crippen LogP contribution in [0.3, 0.4) is 0 Å². The van der Waals surface area contributed by atoms with Crippen LogP contribution in [-0.2, 0) is 13.0 Å². The molecule has 0 saturated carbocycles. The summed E-state index contributed by atoms with van der Waals surface area (Å²) in [4.78, 5) is 12.7. The van der Waals surface area contributed by atoms with Crippen molar-refractivity contribution < 1.29 is 0 Å². The molecule has 1 radical (unpaired) electrons. The molecule has 123 valence electrons. The van der Waals surface area contributed by atoms with Crippen LogP contribution >= 0.6 is 12.2 Å². The minimum atomic E-state index is -0.0283.